The van der Waals surface area contributed by atoms with Gasteiger partial charge in [0.1, 0.15) is 9.84 Å². The number of hydrogen-bond donors (Lipinski definition) is 2. The number of nitrogens with two attached hydrogens (primary N) is 1. The van der Waals surface area contributed by atoms with Crippen molar-refractivity contribution in [3.63, 3.8) is 0 Å². The fourth-order valence-electron chi connectivity index (χ4n) is 1.57. The molecule has 104 valence electrons. The van der Waals surface area contributed by atoms with Crippen LogP contribution in [0, 0.1) is 0 Å². The first-order chi connectivity index (χ1) is 8.03. The van der Waals surface area contributed by atoms with Gasteiger partial charge in [0.15, 0.2) is 10.8 Å². The zero-order valence-corrected chi connectivity index (χ0v) is 11.9. The molecular weight excluding hydrogens is 280 g/mol. The molecule has 0 bridgehead atoms. The van der Waals surface area contributed by atoms with Crippen LogP contribution in [-0.4, -0.2) is 44.4 Å². The summed E-state index contributed by atoms with van der Waals surface area (Å²) in [5.41, 5.74) is 5.46. The van der Waals surface area contributed by atoms with E-state index in [9.17, 15) is 16.8 Å². The van der Waals surface area contributed by atoms with Crippen molar-refractivity contribution in [1.29, 1.82) is 0 Å². The van der Waals surface area contributed by atoms with E-state index in [-0.39, 0.29) is 16.6 Å². The first-order valence-corrected chi connectivity index (χ1v) is 8.54. The zero-order valence-electron chi connectivity index (χ0n) is 10.3. The molecule has 1 atom stereocenters. The highest BCUT2D eigenvalue weighted by Gasteiger charge is 2.25. The number of rotatable bonds is 5. The Labute approximate surface area is 106 Å². The van der Waals surface area contributed by atoms with E-state index in [1.807, 2.05) is 0 Å². The van der Waals surface area contributed by atoms with Crippen LogP contribution in [0.3, 0.4) is 0 Å². The third-order valence-corrected chi connectivity index (χ3v) is 4.90. The quantitative estimate of drug-likeness (QED) is 0.697. The molecule has 0 aliphatic rings. The first-order valence-electron chi connectivity index (χ1n) is 5.00. The second-order valence-electron chi connectivity index (χ2n) is 4.16. The van der Waals surface area contributed by atoms with E-state index in [2.05, 4.69) is 9.71 Å². The van der Waals surface area contributed by atoms with E-state index in [0.717, 1.165) is 6.26 Å². The van der Waals surface area contributed by atoms with Gasteiger partial charge < -0.3 is 10.3 Å². The van der Waals surface area contributed by atoms with Crippen LogP contribution in [0.25, 0.3) is 0 Å². The summed E-state index contributed by atoms with van der Waals surface area (Å²) in [4.78, 5) is 3.67. The molecule has 0 spiro atoms. The number of imidazole rings is 1. The lowest BCUT2D eigenvalue weighted by atomic mass is 10.4. The lowest BCUT2D eigenvalue weighted by Gasteiger charge is -2.13. The molecule has 18 heavy (non-hydrogen) atoms. The van der Waals surface area contributed by atoms with Gasteiger partial charge in [-0.2, -0.15) is 0 Å². The van der Waals surface area contributed by atoms with Crippen molar-refractivity contribution in [3.8, 4) is 0 Å². The Hall–Kier alpha value is -1.13. The lowest BCUT2D eigenvalue weighted by molar-refractivity contribution is 0.557. The maximum Gasteiger partial charge on any atom is 0.260 e. The maximum absolute atomic E-state index is 12.0. The van der Waals surface area contributed by atoms with Crippen molar-refractivity contribution in [1.82, 2.24) is 14.3 Å². The molecule has 0 aliphatic heterocycles. The summed E-state index contributed by atoms with van der Waals surface area (Å²) in [5, 5.41) is -0.178. The Bertz CT molecular complexity index is 613. The van der Waals surface area contributed by atoms with E-state index in [4.69, 9.17) is 5.73 Å². The van der Waals surface area contributed by atoms with Gasteiger partial charge >= 0.3 is 0 Å². The number of sulfone groups is 1. The molecule has 10 heteroatoms. The number of aryl methyl sites for hydroxylation is 1. The molecule has 1 heterocycles. The number of aromatic nitrogens is 2. The molecule has 0 saturated carbocycles. The molecule has 0 aromatic carbocycles. The minimum atomic E-state index is -3.89. The fourth-order valence-corrected chi connectivity index (χ4v) is 4.15. The van der Waals surface area contributed by atoms with E-state index in [1.54, 1.807) is 0 Å². The Kier molecular flexibility index (Phi) is 4.03. The van der Waals surface area contributed by atoms with Crippen LogP contribution in [-0.2, 0) is 26.9 Å². The van der Waals surface area contributed by atoms with Crippen molar-refractivity contribution in [2.45, 2.75) is 18.0 Å². The summed E-state index contributed by atoms with van der Waals surface area (Å²) in [6.07, 6.45) is 2.31. The number of anilines is 1. The average molecular weight is 296 g/mol. The maximum atomic E-state index is 12.0. The molecule has 3 N–H and O–H groups in total. The van der Waals surface area contributed by atoms with E-state index < -0.39 is 25.9 Å². The van der Waals surface area contributed by atoms with Gasteiger partial charge in [-0.15, -0.1) is 0 Å². The van der Waals surface area contributed by atoms with Gasteiger partial charge in [-0.1, -0.05) is 0 Å². The molecule has 1 aromatic rings. The molecule has 0 amide bonds. The number of sulfonamides is 1. The average Bonchev–Trinajstić information content (AvgIpc) is 2.41. The largest absolute Gasteiger partial charge is 0.381 e. The van der Waals surface area contributed by atoms with E-state index in [1.165, 1.54) is 24.9 Å². The molecule has 1 aromatic heterocycles. The van der Waals surface area contributed by atoms with Crippen LogP contribution in [0.15, 0.2) is 11.4 Å². The van der Waals surface area contributed by atoms with Crippen LogP contribution < -0.4 is 10.5 Å². The van der Waals surface area contributed by atoms with Crippen LogP contribution in [0.2, 0.25) is 0 Å². The number of nitrogens with one attached hydrogen (secondary N) is 1. The molecule has 0 fully saturated rings. The topological polar surface area (TPSA) is 124 Å². The highest BCUT2D eigenvalue weighted by atomic mass is 32.2. The second kappa shape index (κ2) is 4.86. The van der Waals surface area contributed by atoms with Crippen LogP contribution in [0.5, 0.6) is 0 Å². The highest BCUT2D eigenvalue weighted by Crippen LogP contribution is 2.15. The van der Waals surface area contributed by atoms with Gasteiger partial charge in [0, 0.05) is 19.3 Å². The van der Waals surface area contributed by atoms with Crippen molar-refractivity contribution in [2.75, 3.05) is 17.7 Å². The fraction of sp³-hybridized carbons (Fsp3) is 0.625. The van der Waals surface area contributed by atoms with Crippen molar-refractivity contribution in [2.24, 2.45) is 7.05 Å². The van der Waals surface area contributed by atoms with Gasteiger partial charge in [-0.3, -0.25) is 0 Å². The first kappa shape index (κ1) is 14.9. The zero-order chi connectivity index (χ0) is 14.1. The smallest absolute Gasteiger partial charge is 0.260 e. The minimum absolute atomic E-state index is 0.128. The summed E-state index contributed by atoms with van der Waals surface area (Å²) in [6.45, 7) is 1.46. The van der Waals surface area contributed by atoms with Gasteiger partial charge in [0.05, 0.1) is 12.1 Å². The summed E-state index contributed by atoms with van der Waals surface area (Å²) in [5.74, 6) is -0.416. The van der Waals surface area contributed by atoms with Crippen molar-refractivity contribution >= 4 is 25.7 Å². The molecule has 0 radical (unpaired) electrons. The molecule has 1 unspecified atom stereocenters. The number of hydrogen-bond acceptors (Lipinski definition) is 6. The third kappa shape index (κ3) is 3.68. The van der Waals surface area contributed by atoms with E-state index in [0.29, 0.717) is 0 Å². The molecule has 0 saturated heterocycles. The Morgan fingerprint density at radius 1 is 1.44 bits per heavy atom. The molecule has 1 rings (SSSR count). The predicted octanol–water partition coefficient (Wildman–Crippen LogP) is -1.29. The molecular formula is C8H16N4O4S2. The highest BCUT2D eigenvalue weighted by molar-refractivity contribution is 7.91. The predicted molar refractivity (Wildman–Crippen MR) is 67.1 cm³/mol. The lowest BCUT2D eigenvalue weighted by Crippen LogP contribution is -2.38. The monoisotopic (exact) mass is 296 g/mol. The Balaban J connectivity index is 2.97. The second-order valence-corrected chi connectivity index (χ2v) is 7.97. The SMILES string of the molecule is CC(CS(C)(=O)=O)NS(=O)(=O)c1c(N)ncn1C. The summed E-state index contributed by atoms with van der Waals surface area (Å²) >= 11 is 0. The summed E-state index contributed by atoms with van der Waals surface area (Å²) in [6, 6.07) is -0.751. The van der Waals surface area contributed by atoms with Crippen molar-refractivity contribution in [3.05, 3.63) is 6.33 Å². The summed E-state index contributed by atoms with van der Waals surface area (Å²) in [7, 11) is -5.67. The van der Waals surface area contributed by atoms with Crippen molar-refractivity contribution < 1.29 is 16.8 Å². The third-order valence-electron chi connectivity index (χ3n) is 2.07. The minimum Gasteiger partial charge on any atom is -0.381 e. The Morgan fingerprint density at radius 3 is 2.39 bits per heavy atom. The van der Waals surface area contributed by atoms with Gasteiger partial charge in [-0.25, -0.2) is 26.5 Å². The van der Waals surface area contributed by atoms with Gasteiger partial charge in [0.25, 0.3) is 10.0 Å². The van der Waals surface area contributed by atoms with Crippen LogP contribution >= 0.6 is 0 Å². The Morgan fingerprint density at radius 2 is 2.00 bits per heavy atom. The molecule has 0 aliphatic carbocycles. The van der Waals surface area contributed by atoms with E-state index >= 15 is 0 Å². The summed E-state index contributed by atoms with van der Waals surface area (Å²) < 4.78 is 49.6. The normalized spacial score (nSPS) is 14.6. The standard InChI is InChI=1S/C8H16N4O4S2/c1-6(4-17(3,13)14)11-18(15,16)8-7(9)10-5-12(8)2/h5-6,11H,4,9H2,1-3H3. The van der Waals surface area contributed by atoms with Crippen LogP contribution in [0.1, 0.15) is 6.92 Å². The van der Waals surface area contributed by atoms with Gasteiger partial charge in [0.2, 0.25) is 0 Å². The van der Waals surface area contributed by atoms with Crippen LogP contribution in [0.4, 0.5) is 5.82 Å². The molecule has 8 nitrogen and oxygen atoms in total. The number of nitrogen functional groups attached to an aromatic ring is 1. The number of nitrogens with zero attached hydrogens (tertiary/aromatic N) is 2. The van der Waals surface area contributed by atoms with Gasteiger partial charge in [-0.05, 0) is 6.92 Å².